The molecule has 0 spiro atoms. The van der Waals surface area contributed by atoms with Crippen molar-refractivity contribution in [3.8, 4) is 0 Å². The predicted molar refractivity (Wildman–Crippen MR) is 144 cm³/mol. The smallest absolute Gasteiger partial charge is 0.547 e. The van der Waals surface area contributed by atoms with Crippen molar-refractivity contribution in [2.24, 2.45) is 0 Å². The van der Waals surface area contributed by atoms with Gasteiger partial charge in [0, 0.05) is 0 Å². The topological polar surface area (TPSA) is 565 Å². The third-order valence-electron chi connectivity index (χ3n) is 5.98. The molecule has 0 unspecified atom stereocenters. The molecule has 0 bridgehead atoms. The van der Waals surface area contributed by atoms with Gasteiger partial charge in [0.2, 0.25) is 0 Å². The zero-order valence-electron chi connectivity index (χ0n) is 26.9. The van der Waals surface area contributed by atoms with Crippen LogP contribution in [0.15, 0.2) is 0 Å². The molecule has 0 aliphatic rings. The average molecular weight is 908 g/mol. The van der Waals surface area contributed by atoms with E-state index >= 15 is 0 Å². The van der Waals surface area contributed by atoms with E-state index in [9.17, 15) is 39.6 Å². The fourth-order valence-electron chi connectivity index (χ4n) is 2.65. The summed E-state index contributed by atoms with van der Waals surface area (Å²) >= 11 is 0. The fourth-order valence-corrected chi connectivity index (χ4v) is 2.65. The summed E-state index contributed by atoms with van der Waals surface area (Å²) in [5, 5.41) is 214. The quantitative estimate of drug-likeness (QED) is 0.0504. The standard InChI is InChI=1S/4C6H12O7.2Cu/c4*7-1-2(8)3(9)4(10)5(11)6(12)13;;/h4*2-5,7-11H,1H2,(H,12,13);;/q;;;;2*+2/p-4/t4*2-,3-,4+,5-;;/m1111../s1. The molecule has 0 aromatic heterocycles. The molecule has 330 valence electrons. The van der Waals surface area contributed by atoms with Crippen molar-refractivity contribution in [3.63, 3.8) is 0 Å². The van der Waals surface area contributed by atoms with Crippen LogP contribution in [0.4, 0.5) is 0 Å². The van der Waals surface area contributed by atoms with Crippen molar-refractivity contribution >= 4 is 23.9 Å². The summed E-state index contributed by atoms with van der Waals surface area (Å²) in [6.45, 7) is -3.45. The molecule has 2 radical (unpaired) electrons. The number of rotatable bonds is 20. The summed E-state index contributed by atoms with van der Waals surface area (Å²) in [6.07, 6.45) is -32.3. The molecule has 28 nitrogen and oxygen atoms in total. The molecule has 54 heavy (non-hydrogen) atoms. The maximum Gasteiger partial charge on any atom is 2.00 e. The van der Waals surface area contributed by atoms with Crippen LogP contribution in [0.5, 0.6) is 0 Å². The van der Waals surface area contributed by atoms with Crippen molar-refractivity contribution in [2.75, 3.05) is 26.4 Å². The minimum Gasteiger partial charge on any atom is -0.547 e. The van der Waals surface area contributed by atoms with Gasteiger partial charge >= 0.3 is 34.1 Å². The van der Waals surface area contributed by atoms with Gasteiger partial charge in [0.15, 0.2) is 0 Å². The van der Waals surface area contributed by atoms with E-state index in [1.54, 1.807) is 0 Å². The number of aliphatic carboxylic acids is 4. The number of hydrogen-bond donors (Lipinski definition) is 20. The minimum atomic E-state index is -2.31. The average Bonchev–Trinajstić information content (AvgIpc) is 3.12. The van der Waals surface area contributed by atoms with Gasteiger partial charge in [-0.25, -0.2) is 0 Å². The molecule has 0 aromatic rings. The van der Waals surface area contributed by atoms with Crippen molar-refractivity contribution < 1.29 is 176 Å². The first kappa shape index (κ1) is 64.0. The van der Waals surface area contributed by atoms with E-state index in [1.165, 1.54) is 0 Å². The summed E-state index contributed by atoms with van der Waals surface area (Å²) in [6, 6.07) is 0. The summed E-state index contributed by atoms with van der Waals surface area (Å²) in [4.78, 5) is 39.9. The first-order valence-corrected chi connectivity index (χ1v) is 13.8. The molecule has 0 amide bonds. The van der Waals surface area contributed by atoms with Crippen molar-refractivity contribution in [1.29, 1.82) is 0 Å². The summed E-state index contributed by atoms with van der Waals surface area (Å²) in [5.41, 5.74) is 0. The molecule has 16 atom stereocenters. The Morgan fingerprint density at radius 3 is 0.481 bits per heavy atom. The van der Waals surface area contributed by atoms with Crippen LogP contribution < -0.4 is 20.4 Å². The van der Waals surface area contributed by atoms with Crippen molar-refractivity contribution in [3.05, 3.63) is 0 Å². The number of carbonyl (C=O) groups excluding carboxylic acids is 4. The molecular weight excluding hydrogens is 863 g/mol. The van der Waals surface area contributed by atoms with E-state index in [0.29, 0.717) is 0 Å². The zero-order chi connectivity index (χ0) is 42.4. The van der Waals surface area contributed by atoms with Gasteiger partial charge in [-0.1, -0.05) is 0 Å². The van der Waals surface area contributed by atoms with Crippen LogP contribution in [0.1, 0.15) is 0 Å². The van der Waals surface area contributed by atoms with E-state index < -0.39 is 148 Å². The van der Waals surface area contributed by atoms with E-state index in [1.807, 2.05) is 0 Å². The summed E-state index contributed by atoms with van der Waals surface area (Å²) < 4.78 is 0. The summed E-state index contributed by atoms with van der Waals surface area (Å²) in [7, 11) is 0. The largest absolute Gasteiger partial charge is 2.00 e. The van der Waals surface area contributed by atoms with Gasteiger partial charge < -0.3 is 142 Å². The number of carboxylic acid groups (broad SMARTS) is 4. The van der Waals surface area contributed by atoms with Crippen LogP contribution >= 0.6 is 0 Å². The SMILES string of the molecule is O=C([O-])[C@H](O)[C@@H](O)[C@H](O)[C@H](O)CO.O=C([O-])[C@H](O)[C@@H](O)[C@H](O)[C@H](O)CO.O=C([O-])[C@H](O)[C@@H](O)[C@H](O)[C@H](O)CO.O=C([O-])[C@H](O)[C@@H](O)[C@H](O)[C@H](O)CO.[Cu+2].[Cu+2]. The summed E-state index contributed by atoms with van der Waals surface area (Å²) in [5.74, 6) is -7.90. The molecule has 0 aromatic carbocycles. The molecular formula is C24H44Cu2O28. The molecule has 0 heterocycles. The van der Waals surface area contributed by atoms with Gasteiger partial charge in [0.25, 0.3) is 0 Å². The van der Waals surface area contributed by atoms with E-state index in [4.69, 9.17) is 102 Å². The number of carbonyl (C=O) groups is 4. The van der Waals surface area contributed by atoms with Crippen molar-refractivity contribution in [2.45, 2.75) is 97.7 Å². The number of carboxylic acids is 4. The molecule has 20 N–H and O–H groups in total. The van der Waals surface area contributed by atoms with Crippen LogP contribution in [-0.2, 0) is 53.3 Å². The molecule has 0 saturated heterocycles. The van der Waals surface area contributed by atoms with Crippen LogP contribution in [0.25, 0.3) is 0 Å². The molecule has 0 aliphatic heterocycles. The Labute approximate surface area is 323 Å². The third kappa shape index (κ3) is 24.6. The number of aliphatic hydroxyl groups is 20. The molecule has 0 saturated carbocycles. The first-order valence-electron chi connectivity index (χ1n) is 13.8. The second kappa shape index (κ2) is 33.3. The Kier molecular flexibility index (Phi) is 39.5. The second-order valence-corrected chi connectivity index (χ2v) is 9.98. The molecule has 0 aliphatic carbocycles. The van der Waals surface area contributed by atoms with Gasteiger partial charge in [-0.05, 0) is 0 Å². The molecule has 0 fully saturated rings. The maximum atomic E-state index is 9.98. The third-order valence-corrected chi connectivity index (χ3v) is 5.98. The fraction of sp³-hybridized carbons (Fsp3) is 0.833. The van der Waals surface area contributed by atoms with Gasteiger partial charge in [-0.2, -0.15) is 0 Å². The monoisotopic (exact) mass is 906 g/mol. The number of hydrogen-bond acceptors (Lipinski definition) is 28. The Bertz CT molecular complexity index is 846. The maximum absolute atomic E-state index is 9.98. The van der Waals surface area contributed by atoms with E-state index in [2.05, 4.69) is 0 Å². The Balaban J connectivity index is -0.000000140. The number of aliphatic hydroxyl groups excluding tert-OH is 20. The first-order chi connectivity index (χ1) is 23.7. The van der Waals surface area contributed by atoms with Crippen LogP contribution in [0.3, 0.4) is 0 Å². The van der Waals surface area contributed by atoms with Crippen LogP contribution in [0.2, 0.25) is 0 Å². The Hall–Kier alpha value is -1.88. The molecule has 30 heteroatoms. The van der Waals surface area contributed by atoms with Gasteiger partial charge in [-0.3, -0.25) is 0 Å². The van der Waals surface area contributed by atoms with Gasteiger partial charge in [0.05, 0.1) is 50.3 Å². The second-order valence-electron chi connectivity index (χ2n) is 9.98. The van der Waals surface area contributed by atoms with E-state index in [0.717, 1.165) is 0 Å². The van der Waals surface area contributed by atoms with Crippen LogP contribution in [0, 0.1) is 0 Å². The normalized spacial score (nSPS) is 19.6. The zero-order valence-corrected chi connectivity index (χ0v) is 28.8. The predicted octanol–water partition coefficient (Wildman–Crippen LogP) is -19.3. The van der Waals surface area contributed by atoms with Crippen LogP contribution in [-0.4, -0.2) is 250 Å². The van der Waals surface area contributed by atoms with E-state index in [-0.39, 0.29) is 34.1 Å². The van der Waals surface area contributed by atoms with Crippen molar-refractivity contribution in [1.82, 2.24) is 0 Å². The Morgan fingerprint density at radius 1 is 0.296 bits per heavy atom. The minimum absolute atomic E-state index is 0. The van der Waals surface area contributed by atoms with Gasteiger partial charge in [0.1, 0.15) is 97.7 Å². The molecule has 0 rings (SSSR count). The van der Waals surface area contributed by atoms with Gasteiger partial charge in [-0.15, -0.1) is 0 Å². The Morgan fingerprint density at radius 2 is 0.407 bits per heavy atom.